The molecule has 1 fully saturated rings. The molecule has 0 unspecified atom stereocenters. The molecule has 0 aliphatic carbocycles. The Kier molecular flexibility index (Phi) is 6.53. The number of aryl methyl sites for hydroxylation is 1. The van der Waals surface area contributed by atoms with E-state index < -0.39 is 6.10 Å². The molecule has 0 radical (unpaired) electrons. The van der Waals surface area contributed by atoms with E-state index >= 15 is 0 Å². The fourth-order valence-corrected chi connectivity index (χ4v) is 2.98. The molecule has 3 rings (SSSR count). The highest BCUT2D eigenvalue weighted by atomic mass is 16.5. The van der Waals surface area contributed by atoms with E-state index in [4.69, 9.17) is 9.47 Å². The molecule has 8 heteroatoms. The molecule has 1 aliphatic heterocycles. The normalized spacial score (nSPS) is 16.0. The third kappa shape index (κ3) is 5.02. The fourth-order valence-electron chi connectivity index (χ4n) is 2.98. The van der Waals surface area contributed by atoms with Crippen LogP contribution in [0.25, 0.3) is 0 Å². The van der Waals surface area contributed by atoms with Crippen molar-refractivity contribution in [3.63, 3.8) is 0 Å². The number of β-amino-alcohol motifs (C(OH)–C–C–N with tert-alkyl or cyclic N) is 1. The fraction of sp³-hybridized carbons (Fsp3) is 0.500. The zero-order chi connectivity index (χ0) is 20.1. The van der Waals surface area contributed by atoms with E-state index in [1.165, 1.54) is 6.42 Å². The molecule has 2 aromatic rings. The molecule has 0 spiro atoms. The smallest absolute Gasteiger partial charge is 0.229 e. The number of anilines is 3. The number of nitrogens with zero attached hydrogens (tertiary/aromatic N) is 3. The maximum atomic E-state index is 10.4. The number of hydrogen-bond acceptors (Lipinski definition) is 8. The van der Waals surface area contributed by atoms with Gasteiger partial charge in [-0.05, 0) is 45.5 Å². The first-order valence-electron chi connectivity index (χ1n) is 9.54. The summed E-state index contributed by atoms with van der Waals surface area (Å²) in [7, 11) is 3.41. The van der Waals surface area contributed by atoms with Crippen LogP contribution in [0.15, 0.2) is 24.3 Å². The van der Waals surface area contributed by atoms with Gasteiger partial charge in [0.2, 0.25) is 5.95 Å². The Labute approximate surface area is 165 Å². The highest BCUT2D eigenvalue weighted by Crippen LogP contribution is 2.32. The molecule has 0 bridgehead atoms. The lowest BCUT2D eigenvalue weighted by Crippen LogP contribution is -2.46. The van der Waals surface area contributed by atoms with Gasteiger partial charge in [0.15, 0.2) is 11.5 Å². The zero-order valence-corrected chi connectivity index (χ0v) is 16.9. The summed E-state index contributed by atoms with van der Waals surface area (Å²) in [5.74, 6) is 2.40. The van der Waals surface area contributed by atoms with Crippen molar-refractivity contribution < 1.29 is 14.6 Å². The van der Waals surface area contributed by atoms with Crippen molar-refractivity contribution in [2.45, 2.75) is 32.5 Å². The van der Waals surface area contributed by atoms with E-state index in [-0.39, 0.29) is 6.10 Å². The monoisotopic (exact) mass is 387 g/mol. The minimum Gasteiger partial charge on any atom is -0.493 e. The Bertz CT molecular complexity index is 797. The van der Waals surface area contributed by atoms with Crippen molar-refractivity contribution in [3.05, 3.63) is 30.0 Å². The van der Waals surface area contributed by atoms with E-state index in [9.17, 15) is 5.11 Å². The van der Waals surface area contributed by atoms with Crippen LogP contribution in [0.2, 0.25) is 0 Å². The first kappa shape index (κ1) is 20.2. The summed E-state index contributed by atoms with van der Waals surface area (Å²) >= 11 is 0. The van der Waals surface area contributed by atoms with Crippen LogP contribution in [0.3, 0.4) is 0 Å². The predicted octanol–water partition coefficient (Wildman–Crippen LogP) is 2.41. The van der Waals surface area contributed by atoms with Crippen LogP contribution < -0.4 is 20.1 Å². The SMILES string of the molecule is CNc1cc(C)nc(Nc2ccc(OC)c(O[C@@H](C)[C@@H](O)CN3CCC3)c2)n1. The van der Waals surface area contributed by atoms with Gasteiger partial charge < -0.3 is 30.1 Å². The highest BCUT2D eigenvalue weighted by Gasteiger charge is 2.23. The molecule has 0 saturated carbocycles. The standard InChI is InChI=1S/C20H29N5O3/c1-13-10-19(21-3)24-20(22-13)23-15-6-7-17(27-4)18(11-15)28-14(2)16(26)12-25-8-5-9-25/h6-7,10-11,14,16,26H,5,8-9,12H2,1-4H3,(H2,21,22,23,24)/t14-,16-/m0/s1. The van der Waals surface area contributed by atoms with Crippen molar-refractivity contribution in [1.82, 2.24) is 14.9 Å². The van der Waals surface area contributed by atoms with E-state index in [0.29, 0.717) is 24.0 Å². The van der Waals surface area contributed by atoms with E-state index in [1.54, 1.807) is 7.11 Å². The minimum absolute atomic E-state index is 0.365. The van der Waals surface area contributed by atoms with Crippen LogP contribution >= 0.6 is 0 Å². The highest BCUT2D eigenvalue weighted by molar-refractivity contribution is 5.60. The summed E-state index contributed by atoms with van der Waals surface area (Å²) in [5, 5.41) is 16.6. The molecule has 2 heterocycles. The lowest BCUT2D eigenvalue weighted by Gasteiger charge is -2.34. The summed E-state index contributed by atoms with van der Waals surface area (Å²) in [6, 6.07) is 7.39. The van der Waals surface area contributed by atoms with Gasteiger partial charge in [-0.3, -0.25) is 0 Å². The van der Waals surface area contributed by atoms with Crippen molar-refractivity contribution in [1.29, 1.82) is 0 Å². The van der Waals surface area contributed by atoms with Crippen LogP contribution in [0.5, 0.6) is 11.5 Å². The van der Waals surface area contributed by atoms with Gasteiger partial charge in [-0.15, -0.1) is 0 Å². The second kappa shape index (κ2) is 9.07. The van der Waals surface area contributed by atoms with Crippen molar-refractivity contribution in [2.75, 3.05) is 44.4 Å². The van der Waals surface area contributed by atoms with Gasteiger partial charge in [-0.25, -0.2) is 4.98 Å². The molecule has 1 saturated heterocycles. The zero-order valence-electron chi connectivity index (χ0n) is 16.9. The minimum atomic E-state index is -0.570. The van der Waals surface area contributed by atoms with Crippen LogP contribution in [0.1, 0.15) is 19.0 Å². The van der Waals surface area contributed by atoms with Gasteiger partial charge in [-0.2, -0.15) is 4.98 Å². The topological polar surface area (TPSA) is 91.8 Å². The van der Waals surface area contributed by atoms with Crippen LogP contribution in [-0.2, 0) is 0 Å². The number of ether oxygens (including phenoxy) is 2. The van der Waals surface area contributed by atoms with Crippen molar-refractivity contribution >= 4 is 17.5 Å². The molecule has 1 aromatic carbocycles. The van der Waals surface area contributed by atoms with Crippen LogP contribution in [0.4, 0.5) is 17.5 Å². The number of likely N-dealkylation sites (tertiary alicyclic amines) is 1. The van der Waals surface area contributed by atoms with Gasteiger partial charge in [-0.1, -0.05) is 0 Å². The molecular formula is C20H29N5O3. The number of aromatic nitrogens is 2. The van der Waals surface area contributed by atoms with E-state index in [0.717, 1.165) is 30.3 Å². The summed E-state index contributed by atoms with van der Waals surface area (Å²) in [6.07, 6.45) is 0.260. The van der Waals surface area contributed by atoms with Crippen LogP contribution in [0, 0.1) is 6.92 Å². The predicted molar refractivity (Wildman–Crippen MR) is 110 cm³/mol. The molecule has 0 amide bonds. The average molecular weight is 387 g/mol. The van der Waals surface area contributed by atoms with E-state index in [2.05, 4.69) is 25.5 Å². The second-order valence-corrected chi connectivity index (χ2v) is 7.00. The maximum absolute atomic E-state index is 10.4. The quantitative estimate of drug-likeness (QED) is 0.604. The third-order valence-corrected chi connectivity index (χ3v) is 4.78. The molecule has 1 aromatic heterocycles. The molecule has 2 atom stereocenters. The third-order valence-electron chi connectivity index (χ3n) is 4.78. The Hall–Kier alpha value is -2.58. The molecule has 152 valence electrons. The van der Waals surface area contributed by atoms with Gasteiger partial charge in [0.1, 0.15) is 18.0 Å². The van der Waals surface area contributed by atoms with Crippen LogP contribution in [-0.4, -0.2) is 66.0 Å². The number of hydrogen-bond donors (Lipinski definition) is 3. The van der Waals surface area contributed by atoms with Gasteiger partial charge >= 0.3 is 0 Å². The van der Waals surface area contributed by atoms with Gasteiger partial charge in [0.25, 0.3) is 0 Å². The largest absolute Gasteiger partial charge is 0.493 e. The first-order valence-corrected chi connectivity index (χ1v) is 9.54. The summed E-state index contributed by atoms with van der Waals surface area (Å²) < 4.78 is 11.4. The number of aliphatic hydroxyl groups excluding tert-OH is 1. The van der Waals surface area contributed by atoms with Gasteiger partial charge in [0, 0.05) is 37.1 Å². The maximum Gasteiger partial charge on any atom is 0.229 e. The Morgan fingerprint density at radius 2 is 2.00 bits per heavy atom. The first-order chi connectivity index (χ1) is 13.5. The summed E-state index contributed by atoms with van der Waals surface area (Å²) in [4.78, 5) is 11.0. The molecular weight excluding hydrogens is 358 g/mol. The molecule has 8 nitrogen and oxygen atoms in total. The number of rotatable bonds is 9. The number of aliphatic hydroxyl groups is 1. The summed E-state index contributed by atoms with van der Waals surface area (Å²) in [6.45, 7) is 6.48. The molecule has 3 N–H and O–H groups in total. The van der Waals surface area contributed by atoms with E-state index in [1.807, 2.05) is 45.2 Å². The Morgan fingerprint density at radius 3 is 2.64 bits per heavy atom. The number of methoxy groups -OCH3 is 1. The molecule has 28 heavy (non-hydrogen) atoms. The average Bonchev–Trinajstić information content (AvgIpc) is 2.64. The lowest BCUT2D eigenvalue weighted by molar-refractivity contribution is 0.00599. The van der Waals surface area contributed by atoms with Crippen molar-refractivity contribution in [2.24, 2.45) is 0 Å². The Balaban J connectivity index is 1.73. The number of benzene rings is 1. The molecule has 1 aliphatic rings. The second-order valence-electron chi connectivity index (χ2n) is 7.00. The van der Waals surface area contributed by atoms with Gasteiger partial charge in [0.05, 0.1) is 7.11 Å². The lowest BCUT2D eigenvalue weighted by atomic mass is 10.1. The number of nitrogens with one attached hydrogen (secondary N) is 2. The Morgan fingerprint density at radius 1 is 1.21 bits per heavy atom. The summed E-state index contributed by atoms with van der Waals surface area (Å²) in [5.41, 5.74) is 1.63. The van der Waals surface area contributed by atoms with Crippen molar-refractivity contribution in [3.8, 4) is 11.5 Å².